The molecule has 6 heteroatoms. The summed E-state index contributed by atoms with van der Waals surface area (Å²) >= 11 is 0. The van der Waals surface area contributed by atoms with Crippen molar-refractivity contribution in [3.63, 3.8) is 0 Å². The molecular formula is C4H6MoO5. The van der Waals surface area contributed by atoms with E-state index in [9.17, 15) is 9.59 Å². The van der Waals surface area contributed by atoms with Crippen molar-refractivity contribution in [2.24, 2.45) is 0 Å². The molecule has 0 heterocycles. The minimum atomic E-state index is -1.79. The maximum absolute atomic E-state index is 9.72. The molecule has 0 saturated carbocycles. The Morgan fingerprint density at radius 2 is 1.70 bits per heavy atom. The van der Waals surface area contributed by atoms with E-state index in [1.54, 1.807) is 0 Å². The molecule has 0 aromatic heterocycles. The van der Waals surface area contributed by atoms with Crippen LogP contribution in [-0.2, 0) is 30.7 Å². The molecule has 0 saturated heterocycles. The summed E-state index contributed by atoms with van der Waals surface area (Å²) in [6, 6.07) is 0. The summed E-state index contributed by atoms with van der Waals surface area (Å²) < 4.78 is 0. The monoisotopic (exact) mass is 232 g/mol. The van der Waals surface area contributed by atoms with Gasteiger partial charge in [-0.1, -0.05) is 0 Å². The number of carbonyl (C=O) groups is 2. The van der Waals surface area contributed by atoms with Gasteiger partial charge in [-0.05, 0) is 0 Å². The van der Waals surface area contributed by atoms with E-state index in [2.05, 4.69) is 0 Å². The molecule has 0 aromatic rings. The predicted octanol–water partition coefficient (Wildman–Crippen LogP) is -1.10. The summed E-state index contributed by atoms with van der Waals surface area (Å²) in [5, 5.41) is 24.1. The zero-order valence-electron chi connectivity index (χ0n) is 4.85. The van der Waals surface area contributed by atoms with Crippen molar-refractivity contribution in [3.8, 4) is 0 Å². The number of aliphatic carboxylic acids is 2. The van der Waals surface area contributed by atoms with Gasteiger partial charge in [0, 0.05) is 21.1 Å². The molecule has 10 heavy (non-hydrogen) atoms. The second-order valence-corrected chi connectivity index (χ2v) is 1.45. The number of aliphatic hydroxyl groups excluding tert-OH is 1. The molecule has 0 aliphatic rings. The summed E-state index contributed by atoms with van der Waals surface area (Å²) in [5.41, 5.74) is 0. The van der Waals surface area contributed by atoms with Gasteiger partial charge in [-0.15, -0.1) is 0 Å². The Labute approximate surface area is 70.9 Å². The van der Waals surface area contributed by atoms with Crippen LogP contribution in [0.15, 0.2) is 0 Å². The van der Waals surface area contributed by atoms with Crippen LogP contribution in [0.5, 0.6) is 0 Å². The number of hydrogen-bond acceptors (Lipinski definition) is 3. The Morgan fingerprint density at radius 1 is 1.30 bits per heavy atom. The quantitative estimate of drug-likeness (QED) is 0.535. The van der Waals surface area contributed by atoms with Crippen LogP contribution in [0.1, 0.15) is 6.42 Å². The fraction of sp³-hybridized carbons (Fsp3) is 0.500. The summed E-state index contributed by atoms with van der Waals surface area (Å²) in [6.45, 7) is 0. The predicted molar refractivity (Wildman–Crippen MR) is 25.9 cm³/mol. The Kier molecular flexibility index (Phi) is 6.61. The average molecular weight is 230 g/mol. The molecule has 0 radical (unpaired) electrons. The Bertz CT molecular complexity index is 134. The van der Waals surface area contributed by atoms with Crippen LogP contribution >= 0.6 is 0 Å². The smallest absolute Gasteiger partial charge is 0.333 e. The zero-order chi connectivity index (χ0) is 7.44. The van der Waals surface area contributed by atoms with E-state index < -0.39 is 24.5 Å². The molecule has 0 fully saturated rings. The van der Waals surface area contributed by atoms with Gasteiger partial charge in [0.1, 0.15) is 0 Å². The molecule has 1 atom stereocenters. The largest absolute Gasteiger partial charge is 0.481 e. The number of carboxylic acid groups (broad SMARTS) is 2. The van der Waals surface area contributed by atoms with Crippen LogP contribution in [0.2, 0.25) is 0 Å². The van der Waals surface area contributed by atoms with Crippen molar-refractivity contribution in [2.45, 2.75) is 12.5 Å². The first-order valence-electron chi connectivity index (χ1n) is 2.16. The molecule has 58 valence electrons. The first kappa shape index (κ1) is 12.3. The summed E-state index contributed by atoms with van der Waals surface area (Å²) in [4.78, 5) is 19.4. The minimum Gasteiger partial charge on any atom is -0.481 e. The van der Waals surface area contributed by atoms with Crippen LogP contribution < -0.4 is 0 Å². The standard InChI is InChI=1S/C4H6O5.Mo/c5-2(4(8)9)1-3(6)7;/h2,5H,1H2,(H,6,7)(H,8,9);. The maximum Gasteiger partial charge on any atom is 0.333 e. The SMILES string of the molecule is O=C(O)CC(O)C(=O)O.[Mo]. The van der Waals surface area contributed by atoms with Crippen LogP contribution in [-0.4, -0.2) is 33.4 Å². The second kappa shape index (κ2) is 5.38. The average Bonchev–Trinajstić information content (AvgIpc) is 1.63. The van der Waals surface area contributed by atoms with E-state index in [-0.39, 0.29) is 21.1 Å². The van der Waals surface area contributed by atoms with Crippen LogP contribution in [0.4, 0.5) is 0 Å². The first-order chi connectivity index (χ1) is 4.04. The van der Waals surface area contributed by atoms with Gasteiger partial charge >= 0.3 is 11.9 Å². The van der Waals surface area contributed by atoms with Gasteiger partial charge in [-0.25, -0.2) is 4.79 Å². The van der Waals surface area contributed by atoms with Crippen LogP contribution in [0.25, 0.3) is 0 Å². The molecule has 0 aromatic carbocycles. The fourth-order valence-corrected chi connectivity index (χ4v) is 0.253. The molecule has 5 nitrogen and oxygen atoms in total. The van der Waals surface area contributed by atoms with Gasteiger partial charge in [0.25, 0.3) is 0 Å². The molecule has 0 bridgehead atoms. The molecule has 1 unspecified atom stereocenters. The number of rotatable bonds is 3. The van der Waals surface area contributed by atoms with E-state index in [0.29, 0.717) is 0 Å². The van der Waals surface area contributed by atoms with Crippen molar-refractivity contribution in [1.82, 2.24) is 0 Å². The van der Waals surface area contributed by atoms with Gasteiger partial charge < -0.3 is 15.3 Å². The van der Waals surface area contributed by atoms with Gasteiger partial charge in [0.15, 0.2) is 6.10 Å². The van der Waals surface area contributed by atoms with Gasteiger partial charge in [0.05, 0.1) is 6.42 Å². The number of hydrogen-bond donors (Lipinski definition) is 3. The van der Waals surface area contributed by atoms with Crippen LogP contribution in [0, 0.1) is 0 Å². The van der Waals surface area contributed by atoms with E-state index in [1.165, 1.54) is 0 Å². The van der Waals surface area contributed by atoms with Crippen molar-refractivity contribution < 1.29 is 46.0 Å². The Hall–Kier alpha value is -0.412. The zero-order valence-corrected chi connectivity index (χ0v) is 6.86. The fourth-order valence-electron chi connectivity index (χ4n) is 0.253. The summed E-state index contributed by atoms with van der Waals surface area (Å²) in [7, 11) is 0. The Morgan fingerprint density at radius 3 is 1.80 bits per heavy atom. The topological polar surface area (TPSA) is 94.8 Å². The molecular weight excluding hydrogens is 224 g/mol. The minimum absolute atomic E-state index is 0. The third-order valence-corrected chi connectivity index (χ3v) is 0.653. The van der Waals surface area contributed by atoms with Crippen molar-refractivity contribution >= 4 is 11.9 Å². The van der Waals surface area contributed by atoms with Gasteiger partial charge in [0.2, 0.25) is 0 Å². The molecule has 0 spiro atoms. The van der Waals surface area contributed by atoms with Crippen molar-refractivity contribution in [3.05, 3.63) is 0 Å². The maximum atomic E-state index is 9.72. The molecule has 0 aliphatic carbocycles. The van der Waals surface area contributed by atoms with Crippen molar-refractivity contribution in [2.75, 3.05) is 0 Å². The second-order valence-electron chi connectivity index (χ2n) is 1.45. The third kappa shape index (κ3) is 5.72. The molecule has 0 amide bonds. The number of aliphatic hydroxyl groups is 1. The van der Waals surface area contributed by atoms with Gasteiger partial charge in [-0.3, -0.25) is 4.79 Å². The summed E-state index contributed by atoms with van der Waals surface area (Å²) in [5.74, 6) is -2.85. The van der Waals surface area contributed by atoms with E-state index >= 15 is 0 Å². The first-order valence-corrected chi connectivity index (χ1v) is 2.16. The van der Waals surface area contributed by atoms with Crippen LogP contribution in [0.3, 0.4) is 0 Å². The molecule has 3 N–H and O–H groups in total. The van der Waals surface area contributed by atoms with E-state index in [0.717, 1.165) is 0 Å². The Balaban J connectivity index is 0. The third-order valence-electron chi connectivity index (χ3n) is 0.653. The van der Waals surface area contributed by atoms with E-state index in [1.807, 2.05) is 0 Å². The molecule has 0 aliphatic heterocycles. The molecule has 0 rings (SSSR count). The summed E-state index contributed by atoms with van der Waals surface area (Å²) in [6.07, 6.45) is -2.54. The van der Waals surface area contributed by atoms with Crippen molar-refractivity contribution in [1.29, 1.82) is 0 Å². The van der Waals surface area contributed by atoms with E-state index in [4.69, 9.17) is 15.3 Å². The van der Waals surface area contributed by atoms with Gasteiger partial charge in [-0.2, -0.15) is 0 Å². The normalized spacial score (nSPS) is 11.3. The number of carboxylic acids is 2.